The maximum absolute atomic E-state index is 6.13. The summed E-state index contributed by atoms with van der Waals surface area (Å²) in [4.78, 5) is 4.91. The zero-order valence-corrected chi connectivity index (χ0v) is 14.1. The van der Waals surface area contributed by atoms with Crippen LogP contribution in [0.5, 0.6) is 0 Å². The molecule has 3 aromatic carbocycles. The van der Waals surface area contributed by atoms with Crippen LogP contribution in [0.4, 0.5) is 0 Å². The molecule has 1 aliphatic heterocycles. The number of ether oxygens (including phenoxy) is 1. The largest absolute Gasteiger partial charge is 0.475 e. The summed E-state index contributed by atoms with van der Waals surface area (Å²) in [6, 6.07) is 25.5. The summed E-state index contributed by atoms with van der Waals surface area (Å²) in [7, 11) is 0. The summed E-state index contributed by atoms with van der Waals surface area (Å²) >= 11 is 0. The van der Waals surface area contributed by atoms with Gasteiger partial charge in [-0.3, -0.25) is 0 Å². The maximum atomic E-state index is 6.13. The predicted octanol–water partition coefficient (Wildman–Crippen LogP) is 5.11. The van der Waals surface area contributed by atoms with Gasteiger partial charge < -0.3 is 4.74 Å². The second-order valence-electron chi connectivity index (χ2n) is 6.60. The van der Waals surface area contributed by atoms with Crippen LogP contribution >= 0.6 is 0 Å². The van der Waals surface area contributed by atoms with Gasteiger partial charge in [0.05, 0.1) is 0 Å². The van der Waals surface area contributed by atoms with Crippen LogP contribution in [0.3, 0.4) is 0 Å². The summed E-state index contributed by atoms with van der Waals surface area (Å²) in [5.74, 6) is 0.770. The highest BCUT2D eigenvalue weighted by atomic mass is 16.5. The van der Waals surface area contributed by atoms with E-state index in [9.17, 15) is 0 Å². The van der Waals surface area contributed by atoms with Crippen molar-refractivity contribution in [1.82, 2.24) is 0 Å². The van der Waals surface area contributed by atoms with E-state index in [1.54, 1.807) is 0 Å². The van der Waals surface area contributed by atoms with Gasteiger partial charge in [0.2, 0.25) is 0 Å². The minimum atomic E-state index is -0.374. The lowest BCUT2D eigenvalue weighted by Gasteiger charge is -2.29. The molecule has 2 atom stereocenters. The highest BCUT2D eigenvalue weighted by Gasteiger charge is 2.43. The monoisotopic (exact) mass is 315 g/mol. The molecule has 2 nitrogen and oxygen atoms in total. The average molecular weight is 315 g/mol. The SMILES string of the molecule is CC1=N[C@](C)(c2cccc3ccccc23)[C@@H](Cc2ccccc2)O1. The molecule has 1 aliphatic rings. The van der Waals surface area contributed by atoms with Gasteiger partial charge in [-0.2, -0.15) is 0 Å². The van der Waals surface area contributed by atoms with Gasteiger partial charge in [-0.15, -0.1) is 0 Å². The number of aliphatic imine (C=N–C) groups is 1. The molecule has 0 N–H and O–H groups in total. The van der Waals surface area contributed by atoms with E-state index in [4.69, 9.17) is 9.73 Å². The first-order valence-corrected chi connectivity index (χ1v) is 8.42. The summed E-state index contributed by atoms with van der Waals surface area (Å²) in [5.41, 5.74) is 2.14. The minimum Gasteiger partial charge on any atom is -0.475 e. The van der Waals surface area contributed by atoms with Crippen molar-refractivity contribution >= 4 is 16.7 Å². The van der Waals surface area contributed by atoms with Crippen LogP contribution in [0.1, 0.15) is 25.0 Å². The number of benzene rings is 3. The van der Waals surface area contributed by atoms with Crippen LogP contribution in [-0.2, 0) is 16.7 Å². The maximum Gasteiger partial charge on any atom is 0.181 e. The molecule has 0 radical (unpaired) electrons. The molecule has 120 valence electrons. The van der Waals surface area contributed by atoms with E-state index in [0.29, 0.717) is 0 Å². The number of rotatable bonds is 3. The Kier molecular flexibility index (Phi) is 3.61. The Morgan fingerprint density at radius 2 is 1.62 bits per heavy atom. The molecular formula is C22H21NO. The van der Waals surface area contributed by atoms with Crippen molar-refractivity contribution in [3.63, 3.8) is 0 Å². The average Bonchev–Trinajstić information content (AvgIpc) is 2.90. The molecule has 1 heterocycles. The van der Waals surface area contributed by atoms with Gasteiger partial charge in [0.15, 0.2) is 5.90 Å². The topological polar surface area (TPSA) is 21.6 Å². The van der Waals surface area contributed by atoms with Crippen LogP contribution in [0.15, 0.2) is 77.8 Å². The minimum absolute atomic E-state index is 0.00528. The van der Waals surface area contributed by atoms with Crippen molar-refractivity contribution in [2.45, 2.75) is 31.9 Å². The smallest absolute Gasteiger partial charge is 0.181 e. The normalized spacial score (nSPS) is 23.1. The van der Waals surface area contributed by atoms with Crippen molar-refractivity contribution in [1.29, 1.82) is 0 Å². The number of hydrogen-bond acceptors (Lipinski definition) is 2. The van der Waals surface area contributed by atoms with Gasteiger partial charge in [0.25, 0.3) is 0 Å². The molecule has 3 aromatic rings. The molecular weight excluding hydrogens is 294 g/mol. The van der Waals surface area contributed by atoms with Gasteiger partial charge in [-0.25, -0.2) is 4.99 Å². The van der Waals surface area contributed by atoms with E-state index in [1.807, 2.05) is 13.0 Å². The van der Waals surface area contributed by atoms with E-state index < -0.39 is 0 Å². The zero-order chi connectivity index (χ0) is 16.6. The van der Waals surface area contributed by atoms with E-state index in [1.165, 1.54) is 21.9 Å². The molecule has 0 bridgehead atoms. The second-order valence-corrected chi connectivity index (χ2v) is 6.60. The van der Waals surface area contributed by atoms with Gasteiger partial charge in [0.1, 0.15) is 11.6 Å². The van der Waals surface area contributed by atoms with E-state index in [-0.39, 0.29) is 11.6 Å². The van der Waals surface area contributed by atoms with Crippen LogP contribution in [0.2, 0.25) is 0 Å². The third kappa shape index (κ3) is 2.48. The Hall–Kier alpha value is -2.61. The van der Waals surface area contributed by atoms with Crippen LogP contribution in [0, 0.1) is 0 Å². The van der Waals surface area contributed by atoms with Gasteiger partial charge in [0, 0.05) is 13.3 Å². The molecule has 0 aliphatic carbocycles. The zero-order valence-electron chi connectivity index (χ0n) is 14.1. The first kappa shape index (κ1) is 14.9. The fourth-order valence-electron chi connectivity index (χ4n) is 3.72. The third-order valence-corrected chi connectivity index (χ3v) is 4.93. The number of hydrogen-bond donors (Lipinski definition) is 0. The molecule has 0 spiro atoms. The lowest BCUT2D eigenvalue weighted by Crippen LogP contribution is -2.34. The highest BCUT2D eigenvalue weighted by molar-refractivity contribution is 5.88. The van der Waals surface area contributed by atoms with E-state index in [2.05, 4.69) is 73.7 Å². The summed E-state index contributed by atoms with van der Waals surface area (Å²) in [6.07, 6.45) is 0.854. The van der Waals surface area contributed by atoms with Crippen LogP contribution in [-0.4, -0.2) is 12.0 Å². The Morgan fingerprint density at radius 1 is 0.917 bits per heavy atom. The number of nitrogens with zero attached hydrogens (tertiary/aromatic N) is 1. The molecule has 0 saturated carbocycles. The second kappa shape index (κ2) is 5.79. The number of fused-ring (bicyclic) bond motifs is 1. The van der Waals surface area contributed by atoms with Crippen molar-refractivity contribution in [2.75, 3.05) is 0 Å². The quantitative estimate of drug-likeness (QED) is 0.658. The van der Waals surface area contributed by atoms with Crippen LogP contribution < -0.4 is 0 Å². The van der Waals surface area contributed by atoms with Crippen LogP contribution in [0.25, 0.3) is 10.8 Å². The first-order valence-electron chi connectivity index (χ1n) is 8.42. The molecule has 0 unspecified atom stereocenters. The Labute approximate surface area is 142 Å². The highest BCUT2D eigenvalue weighted by Crippen LogP contribution is 2.40. The molecule has 4 rings (SSSR count). The molecule has 0 amide bonds. The lowest BCUT2D eigenvalue weighted by atomic mass is 9.82. The lowest BCUT2D eigenvalue weighted by molar-refractivity contribution is 0.145. The Balaban J connectivity index is 1.80. The van der Waals surface area contributed by atoms with E-state index >= 15 is 0 Å². The fourth-order valence-corrected chi connectivity index (χ4v) is 3.72. The fraction of sp³-hybridized carbons (Fsp3) is 0.227. The van der Waals surface area contributed by atoms with Gasteiger partial charge in [-0.1, -0.05) is 72.8 Å². The van der Waals surface area contributed by atoms with Crippen molar-refractivity contribution in [3.8, 4) is 0 Å². The molecule has 0 fully saturated rings. The summed E-state index contributed by atoms with van der Waals surface area (Å²) < 4.78 is 6.13. The van der Waals surface area contributed by atoms with Crippen molar-refractivity contribution in [2.24, 2.45) is 4.99 Å². The summed E-state index contributed by atoms with van der Waals surface area (Å²) in [6.45, 7) is 4.15. The molecule has 2 heteroatoms. The Bertz CT molecular complexity index is 895. The van der Waals surface area contributed by atoms with Crippen molar-refractivity contribution < 1.29 is 4.74 Å². The van der Waals surface area contributed by atoms with Gasteiger partial charge in [-0.05, 0) is 28.8 Å². The molecule has 0 aromatic heterocycles. The third-order valence-electron chi connectivity index (χ3n) is 4.93. The Morgan fingerprint density at radius 3 is 2.46 bits per heavy atom. The first-order chi connectivity index (χ1) is 11.7. The standard InChI is InChI=1S/C22H21NO/c1-16-23-22(2,21(24-16)15-17-9-4-3-5-10-17)20-14-8-12-18-11-6-7-13-19(18)20/h3-14,21H,15H2,1-2H3/t21-,22-/m1/s1. The summed E-state index contributed by atoms with van der Waals surface area (Å²) in [5, 5.41) is 2.50. The van der Waals surface area contributed by atoms with Gasteiger partial charge >= 0.3 is 0 Å². The molecule has 0 saturated heterocycles. The van der Waals surface area contributed by atoms with Crippen molar-refractivity contribution in [3.05, 3.63) is 83.9 Å². The molecule has 24 heavy (non-hydrogen) atoms. The van der Waals surface area contributed by atoms with E-state index in [0.717, 1.165) is 12.3 Å². The predicted molar refractivity (Wildman–Crippen MR) is 99.4 cm³/mol.